The van der Waals surface area contributed by atoms with E-state index in [2.05, 4.69) is 17.4 Å². The lowest BCUT2D eigenvalue weighted by Crippen LogP contribution is -2.44. The van der Waals surface area contributed by atoms with Crippen molar-refractivity contribution in [2.75, 3.05) is 6.26 Å². The van der Waals surface area contributed by atoms with Gasteiger partial charge in [-0.25, -0.2) is 8.42 Å². The molecule has 0 heterocycles. The third-order valence-corrected chi connectivity index (χ3v) is 6.90. The summed E-state index contributed by atoms with van der Waals surface area (Å²) in [5.74, 6) is -0.0186. The number of hydrogen-bond donors (Lipinski definition) is 1. The molecule has 0 radical (unpaired) electrons. The largest absolute Gasteiger partial charge is 0.353 e. The number of rotatable bonds is 3. The summed E-state index contributed by atoms with van der Waals surface area (Å²) in [6, 6.07) is 8.17. The molecule has 5 heteroatoms. The van der Waals surface area contributed by atoms with Crippen molar-refractivity contribution in [1.82, 2.24) is 5.32 Å². The Morgan fingerprint density at radius 2 is 1.91 bits per heavy atom. The number of hydrogen-bond acceptors (Lipinski definition) is 3. The molecule has 23 heavy (non-hydrogen) atoms. The molecule has 0 spiro atoms. The van der Waals surface area contributed by atoms with Gasteiger partial charge in [0.05, 0.1) is 11.2 Å². The van der Waals surface area contributed by atoms with Gasteiger partial charge >= 0.3 is 0 Å². The Morgan fingerprint density at radius 3 is 2.70 bits per heavy atom. The van der Waals surface area contributed by atoms with E-state index in [0.29, 0.717) is 6.42 Å². The first-order valence-electron chi connectivity index (χ1n) is 8.52. The van der Waals surface area contributed by atoms with E-state index < -0.39 is 9.84 Å². The standard InChI is InChI=1S/C18H25NO3S/c1-23(21,22)15-9-5-8-14(12-15)19-18(20)17-11-4-7-13-6-2-3-10-16(13)17/h2-3,6,10,14-15,17H,4-5,7-9,11-12H2,1H3,(H,19,20)/t14-,15+,17+/m0/s1. The molecule has 1 amide bonds. The topological polar surface area (TPSA) is 63.2 Å². The van der Waals surface area contributed by atoms with Crippen LogP contribution in [0.25, 0.3) is 0 Å². The van der Waals surface area contributed by atoms with Gasteiger partial charge in [0.2, 0.25) is 5.91 Å². The Labute approximate surface area is 138 Å². The van der Waals surface area contributed by atoms with Gasteiger partial charge in [0, 0.05) is 12.3 Å². The Kier molecular flexibility index (Phi) is 4.76. The van der Waals surface area contributed by atoms with Crippen LogP contribution in [0.1, 0.15) is 55.6 Å². The van der Waals surface area contributed by atoms with Gasteiger partial charge in [-0.2, -0.15) is 0 Å². The number of fused-ring (bicyclic) bond motifs is 1. The zero-order chi connectivity index (χ0) is 16.4. The van der Waals surface area contributed by atoms with Crippen molar-refractivity contribution >= 4 is 15.7 Å². The van der Waals surface area contributed by atoms with Crippen LogP contribution in [0.5, 0.6) is 0 Å². The number of amides is 1. The van der Waals surface area contributed by atoms with E-state index in [0.717, 1.165) is 44.1 Å². The average Bonchev–Trinajstić information content (AvgIpc) is 2.53. The second-order valence-electron chi connectivity index (χ2n) is 6.97. The van der Waals surface area contributed by atoms with Crippen molar-refractivity contribution in [2.45, 2.75) is 62.2 Å². The van der Waals surface area contributed by atoms with Crippen molar-refractivity contribution in [1.29, 1.82) is 0 Å². The number of carbonyl (C=O) groups excluding carboxylic acids is 1. The first kappa shape index (κ1) is 16.5. The molecule has 3 atom stereocenters. The molecule has 0 bridgehead atoms. The normalized spacial score (nSPS) is 28.0. The minimum Gasteiger partial charge on any atom is -0.353 e. The predicted molar refractivity (Wildman–Crippen MR) is 91.2 cm³/mol. The fraction of sp³-hybridized carbons (Fsp3) is 0.611. The van der Waals surface area contributed by atoms with Crippen molar-refractivity contribution in [3.05, 3.63) is 35.4 Å². The highest BCUT2D eigenvalue weighted by Crippen LogP contribution is 2.32. The predicted octanol–water partition coefficient (Wildman–Crippen LogP) is 2.58. The van der Waals surface area contributed by atoms with Gasteiger partial charge in [0.25, 0.3) is 0 Å². The number of benzene rings is 1. The first-order chi connectivity index (χ1) is 10.9. The summed E-state index contributed by atoms with van der Waals surface area (Å²) >= 11 is 0. The zero-order valence-corrected chi connectivity index (χ0v) is 14.4. The summed E-state index contributed by atoms with van der Waals surface area (Å²) < 4.78 is 23.5. The molecule has 1 aromatic carbocycles. The fourth-order valence-electron chi connectivity index (χ4n) is 3.99. The van der Waals surface area contributed by atoms with E-state index in [4.69, 9.17) is 0 Å². The molecule has 1 fully saturated rings. The monoisotopic (exact) mass is 335 g/mol. The lowest BCUT2D eigenvalue weighted by molar-refractivity contribution is -0.123. The molecule has 3 rings (SSSR count). The van der Waals surface area contributed by atoms with Crippen molar-refractivity contribution < 1.29 is 13.2 Å². The van der Waals surface area contributed by atoms with Gasteiger partial charge in [0.1, 0.15) is 9.84 Å². The molecular weight excluding hydrogens is 310 g/mol. The summed E-state index contributed by atoms with van der Waals surface area (Å²) in [7, 11) is -3.02. The molecule has 1 aromatic rings. The molecule has 2 aliphatic carbocycles. The number of carbonyl (C=O) groups is 1. The van der Waals surface area contributed by atoms with E-state index >= 15 is 0 Å². The Bertz CT molecular complexity index is 683. The molecule has 0 aliphatic heterocycles. The van der Waals surface area contributed by atoms with Gasteiger partial charge in [-0.1, -0.05) is 30.7 Å². The molecule has 0 unspecified atom stereocenters. The molecule has 1 saturated carbocycles. The Balaban J connectivity index is 1.68. The van der Waals surface area contributed by atoms with Crippen molar-refractivity contribution in [3.63, 3.8) is 0 Å². The van der Waals surface area contributed by atoms with Gasteiger partial charge in [0.15, 0.2) is 0 Å². The van der Waals surface area contributed by atoms with Crippen LogP contribution in [-0.4, -0.2) is 31.9 Å². The number of aryl methyl sites for hydroxylation is 1. The SMILES string of the molecule is CS(=O)(=O)[C@@H]1CCC[C@H](NC(=O)[C@@H]2CCCc3ccccc32)C1. The minimum absolute atomic E-state index is 0.00920. The lowest BCUT2D eigenvalue weighted by Gasteiger charge is -2.31. The van der Waals surface area contributed by atoms with Crippen LogP contribution in [0.15, 0.2) is 24.3 Å². The van der Waals surface area contributed by atoms with Crippen LogP contribution in [0.3, 0.4) is 0 Å². The third-order valence-electron chi connectivity index (χ3n) is 5.26. The number of nitrogens with one attached hydrogen (secondary N) is 1. The van der Waals surface area contributed by atoms with E-state index in [9.17, 15) is 13.2 Å². The molecule has 4 nitrogen and oxygen atoms in total. The quantitative estimate of drug-likeness (QED) is 0.923. The average molecular weight is 335 g/mol. The van der Waals surface area contributed by atoms with Gasteiger partial charge in [-0.05, 0) is 49.7 Å². The van der Waals surface area contributed by atoms with Crippen LogP contribution >= 0.6 is 0 Å². The van der Waals surface area contributed by atoms with E-state index in [-0.39, 0.29) is 23.1 Å². The van der Waals surface area contributed by atoms with Gasteiger partial charge < -0.3 is 5.32 Å². The molecule has 0 aromatic heterocycles. The minimum atomic E-state index is -3.02. The molecule has 126 valence electrons. The first-order valence-corrected chi connectivity index (χ1v) is 10.5. The highest BCUT2D eigenvalue weighted by Gasteiger charge is 2.32. The molecule has 1 N–H and O–H groups in total. The summed E-state index contributed by atoms with van der Waals surface area (Å²) in [6.07, 6.45) is 7.28. The maximum atomic E-state index is 12.7. The van der Waals surface area contributed by atoms with Crippen LogP contribution < -0.4 is 5.32 Å². The third kappa shape index (κ3) is 3.77. The van der Waals surface area contributed by atoms with Gasteiger partial charge in [-0.3, -0.25) is 4.79 Å². The zero-order valence-electron chi connectivity index (χ0n) is 13.6. The lowest BCUT2D eigenvalue weighted by atomic mass is 9.82. The van der Waals surface area contributed by atoms with E-state index in [1.165, 1.54) is 11.8 Å². The fourth-order valence-corrected chi connectivity index (χ4v) is 5.17. The summed E-state index contributed by atoms with van der Waals surface area (Å²) in [6.45, 7) is 0. The summed E-state index contributed by atoms with van der Waals surface area (Å²) in [4.78, 5) is 12.7. The second-order valence-corrected chi connectivity index (χ2v) is 9.29. The highest BCUT2D eigenvalue weighted by molar-refractivity contribution is 7.91. The Hall–Kier alpha value is -1.36. The van der Waals surface area contributed by atoms with Crippen LogP contribution in [0.2, 0.25) is 0 Å². The Morgan fingerprint density at radius 1 is 1.13 bits per heavy atom. The molecule has 2 aliphatic rings. The van der Waals surface area contributed by atoms with Crippen LogP contribution in [0, 0.1) is 0 Å². The summed E-state index contributed by atoms with van der Waals surface area (Å²) in [5, 5.41) is 2.82. The van der Waals surface area contributed by atoms with Crippen molar-refractivity contribution in [2.24, 2.45) is 0 Å². The highest BCUT2D eigenvalue weighted by atomic mass is 32.2. The van der Waals surface area contributed by atoms with Gasteiger partial charge in [-0.15, -0.1) is 0 Å². The molecular formula is C18H25NO3S. The maximum absolute atomic E-state index is 12.7. The summed E-state index contributed by atoms with van der Waals surface area (Å²) in [5.41, 5.74) is 2.42. The smallest absolute Gasteiger partial charge is 0.227 e. The van der Waals surface area contributed by atoms with Crippen LogP contribution in [-0.2, 0) is 21.1 Å². The maximum Gasteiger partial charge on any atom is 0.227 e. The van der Waals surface area contributed by atoms with Crippen molar-refractivity contribution in [3.8, 4) is 0 Å². The van der Waals surface area contributed by atoms with E-state index in [1.54, 1.807) is 0 Å². The molecule has 0 saturated heterocycles. The van der Waals surface area contributed by atoms with E-state index in [1.807, 2.05) is 12.1 Å². The second kappa shape index (κ2) is 6.63. The van der Waals surface area contributed by atoms with Crippen LogP contribution in [0.4, 0.5) is 0 Å². The number of sulfone groups is 1.